The number of hydrogen-bond donors (Lipinski definition) is 2. The van der Waals surface area contributed by atoms with Crippen LogP contribution in [0.25, 0.3) is 0 Å². The van der Waals surface area contributed by atoms with Gasteiger partial charge in [0.05, 0.1) is 18.6 Å². The Morgan fingerprint density at radius 2 is 1.96 bits per heavy atom. The number of fused-ring (bicyclic) bond motifs is 3. The summed E-state index contributed by atoms with van der Waals surface area (Å²) >= 11 is 0. The Bertz CT molecular complexity index is 630. The van der Waals surface area contributed by atoms with Crippen LogP contribution in [-0.4, -0.2) is 35.5 Å². The van der Waals surface area contributed by atoms with Crippen molar-refractivity contribution in [2.45, 2.75) is 72.3 Å². The van der Waals surface area contributed by atoms with Gasteiger partial charge in [-0.3, -0.25) is 4.79 Å². The van der Waals surface area contributed by atoms with Crippen LogP contribution in [0.4, 0.5) is 0 Å². The highest BCUT2D eigenvalue weighted by molar-refractivity contribution is 5.77. The van der Waals surface area contributed by atoms with Gasteiger partial charge in [0, 0.05) is 0 Å². The lowest BCUT2D eigenvalue weighted by Crippen LogP contribution is -2.54. The first-order valence-corrected chi connectivity index (χ1v) is 10.6. The van der Waals surface area contributed by atoms with E-state index in [1.54, 1.807) is 5.57 Å². The molecule has 3 aliphatic carbocycles. The van der Waals surface area contributed by atoms with E-state index in [1.807, 2.05) is 0 Å². The average molecular weight is 377 g/mol. The summed E-state index contributed by atoms with van der Waals surface area (Å²) in [6, 6.07) is 0. The molecule has 0 unspecified atom stereocenters. The normalized spacial score (nSPS) is 36.0. The molecule has 2 N–H and O–H groups in total. The van der Waals surface area contributed by atoms with E-state index in [0.717, 1.165) is 38.5 Å². The zero-order chi connectivity index (χ0) is 19.8. The largest absolute Gasteiger partial charge is 0.457 e. The molecule has 3 rings (SSSR count). The zero-order valence-electron chi connectivity index (χ0n) is 17.3. The van der Waals surface area contributed by atoms with Crippen molar-refractivity contribution in [3.8, 4) is 0 Å². The summed E-state index contributed by atoms with van der Waals surface area (Å²) < 4.78 is 5.50. The van der Waals surface area contributed by atoms with Crippen molar-refractivity contribution in [2.75, 3.05) is 13.2 Å². The molecule has 4 heteroatoms. The first-order valence-electron chi connectivity index (χ1n) is 10.6. The van der Waals surface area contributed by atoms with Gasteiger partial charge in [0.2, 0.25) is 0 Å². The molecule has 2 saturated carbocycles. The summed E-state index contributed by atoms with van der Waals surface area (Å²) in [4.78, 5) is 13.1. The van der Waals surface area contributed by atoms with E-state index in [1.165, 1.54) is 5.57 Å². The van der Waals surface area contributed by atoms with Crippen LogP contribution in [-0.2, 0) is 9.53 Å². The second kappa shape index (κ2) is 7.71. The highest BCUT2D eigenvalue weighted by Gasteiger charge is 2.58. The molecule has 0 saturated heterocycles. The van der Waals surface area contributed by atoms with Gasteiger partial charge >= 0.3 is 5.97 Å². The number of carbonyl (C=O) groups excluding carboxylic acids is 1. The van der Waals surface area contributed by atoms with E-state index in [0.29, 0.717) is 11.8 Å². The molecule has 0 amide bonds. The van der Waals surface area contributed by atoms with Crippen molar-refractivity contribution in [1.29, 1.82) is 0 Å². The fraction of sp³-hybridized carbons (Fsp3) is 0.783. The maximum atomic E-state index is 13.1. The standard InChI is InChI=1S/C23H36O4/c1-15(2)16-6-8-19-17(12-16)7-9-20-22(19,3)10-5-11-23(20,4)21(26)27-18(13-24)14-25/h6,12,15,18-20,24-25H,5,7-11,13-14H2,1-4H3/t19-,20+,22+,23+/m0/s1. The average Bonchev–Trinajstić information content (AvgIpc) is 2.65. The Balaban J connectivity index is 1.86. The summed E-state index contributed by atoms with van der Waals surface area (Å²) in [5.74, 6) is 1.11. The van der Waals surface area contributed by atoms with Gasteiger partial charge in [-0.2, -0.15) is 0 Å². The lowest BCUT2D eigenvalue weighted by atomic mass is 9.46. The van der Waals surface area contributed by atoms with E-state index in [2.05, 4.69) is 39.8 Å². The molecule has 0 heterocycles. The van der Waals surface area contributed by atoms with E-state index in [-0.39, 0.29) is 30.5 Å². The summed E-state index contributed by atoms with van der Waals surface area (Å²) in [6.07, 6.45) is 10.2. The molecule has 0 spiro atoms. The minimum atomic E-state index is -0.812. The number of aliphatic hydroxyl groups is 2. The van der Waals surface area contributed by atoms with E-state index < -0.39 is 11.5 Å². The number of aliphatic hydroxyl groups excluding tert-OH is 2. The predicted octanol–water partition coefficient (Wildman–Crippen LogP) is 4.02. The zero-order valence-corrected chi connectivity index (χ0v) is 17.3. The molecule has 3 aliphatic rings. The fourth-order valence-electron chi connectivity index (χ4n) is 6.07. The van der Waals surface area contributed by atoms with Gasteiger partial charge in [0.25, 0.3) is 0 Å². The van der Waals surface area contributed by atoms with Crippen LogP contribution < -0.4 is 0 Å². The first-order chi connectivity index (χ1) is 12.8. The van der Waals surface area contributed by atoms with Gasteiger partial charge in [0.1, 0.15) is 6.10 Å². The van der Waals surface area contributed by atoms with Crippen LogP contribution >= 0.6 is 0 Å². The lowest BCUT2D eigenvalue weighted by Gasteiger charge is -2.58. The minimum Gasteiger partial charge on any atom is -0.457 e. The highest BCUT2D eigenvalue weighted by atomic mass is 16.6. The second-order valence-corrected chi connectivity index (χ2v) is 9.63. The van der Waals surface area contributed by atoms with Crippen molar-refractivity contribution >= 4 is 5.97 Å². The topological polar surface area (TPSA) is 66.8 Å². The van der Waals surface area contributed by atoms with Crippen LogP contribution in [0.1, 0.15) is 66.2 Å². The van der Waals surface area contributed by atoms with Crippen molar-refractivity contribution in [2.24, 2.45) is 28.6 Å². The molecule has 4 atom stereocenters. The molecule has 4 nitrogen and oxygen atoms in total. The van der Waals surface area contributed by atoms with Gasteiger partial charge in [-0.05, 0) is 67.8 Å². The van der Waals surface area contributed by atoms with Gasteiger partial charge in [0.15, 0.2) is 0 Å². The number of allylic oxidation sites excluding steroid dienone is 4. The quantitative estimate of drug-likeness (QED) is 0.711. The Labute approximate surface area is 163 Å². The van der Waals surface area contributed by atoms with Gasteiger partial charge in [-0.1, -0.05) is 44.9 Å². The summed E-state index contributed by atoms with van der Waals surface area (Å²) in [7, 11) is 0. The van der Waals surface area contributed by atoms with Crippen molar-refractivity contribution in [1.82, 2.24) is 0 Å². The number of ether oxygens (including phenoxy) is 1. The molecule has 0 aromatic carbocycles. The molecule has 0 radical (unpaired) electrons. The maximum absolute atomic E-state index is 13.1. The number of esters is 1. The first kappa shape index (κ1) is 20.6. The third kappa shape index (κ3) is 3.51. The number of hydrogen-bond acceptors (Lipinski definition) is 4. The molecule has 2 fully saturated rings. The van der Waals surface area contributed by atoms with Gasteiger partial charge in [-0.25, -0.2) is 0 Å². The molecular formula is C23H36O4. The van der Waals surface area contributed by atoms with E-state index >= 15 is 0 Å². The Morgan fingerprint density at radius 3 is 2.59 bits per heavy atom. The van der Waals surface area contributed by atoms with Gasteiger partial charge < -0.3 is 14.9 Å². The Kier molecular flexibility index (Phi) is 5.88. The number of carbonyl (C=O) groups is 1. The van der Waals surface area contributed by atoms with Gasteiger partial charge in [-0.15, -0.1) is 0 Å². The molecule has 0 aromatic heterocycles. The molecule has 0 bridgehead atoms. The smallest absolute Gasteiger partial charge is 0.312 e. The molecule has 27 heavy (non-hydrogen) atoms. The predicted molar refractivity (Wildman–Crippen MR) is 106 cm³/mol. The maximum Gasteiger partial charge on any atom is 0.312 e. The summed E-state index contributed by atoms with van der Waals surface area (Å²) in [6.45, 7) is 8.27. The van der Waals surface area contributed by atoms with Crippen LogP contribution in [0.2, 0.25) is 0 Å². The minimum absolute atomic E-state index is 0.100. The van der Waals surface area contributed by atoms with Crippen LogP contribution in [0.3, 0.4) is 0 Å². The Hall–Kier alpha value is -1.13. The van der Waals surface area contributed by atoms with Crippen molar-refractivity contribution in [3.63, 3.8) is 0 Å². The van der Waals surface area contributed by atoms with Crippen LogP contribution in [0, 0.1) is 28.6 Å². The second-order valence-electron chi connectivity index (χ2n) is 9.63. The summed E-state index contributed by atoms with van der Waals surface area (Å²) in [5, 5.41) is 18.6. The SMILES string of the molecule is CC(C)C1=CC[C@H]2C(=C1)CC[C@@H]1[C@]2(C)CCC[C@@]1(C)C(=O)OC(CO)CO. The Morgan fingerprint density at radius 1 is 1.26 bits per heavy atom. The van der Waals surface area contributed by atoms with E-state index in [9.17, 15) is 15.0 Å². The molecule has 0 aliphatic heterocycles. The number of rotatable bonds is 5. The molecular weight excluding hydrogens is 340 g/mol. The van der Waals surface area contributed by atoms with E-state index in [4.69, 9.17) is 4.74 Å². The third-order valence-electron chi connectivity index (χ3n) is 7.70. The van der Waals surface area contributed by atoms with Crippen molar-refractivity contribution in [3.05, 3.63) is 23.3 Å². The van der Waals surface area contributed by atoms with Crippen molar-refractivity contribution < 1.29 is 19.7 Å². The molecule has 0 aromatic rings. The summed E-state index contributed by atoms with van der Waals surface area (Å²) in [5.41, 5.74) is 2.59. The monoisotopic (exact) mass is 376 g/mol. The van der Waals surface area contributed by atoms with Crippen LogP contribution in [0.15, 0.2) is 23.3 Å². The lowest BCUT2D eigenvalue weighted by molar-refractivity contribution is -0.180. The third-order valence-corrected chi connectivity index (χ3v) is 7.70. The highest BCUT2D eigenvalue weighted by Crippen LogP contribution is 2.63. The van der Waals surface area contributed by atoms with Crippen LogP contribution in [0.5, 0.6) is 0 Å². The fourth-order valence-corrected chi connectivity index (χ4v) is 6.07. The molecule has 152 valence electrons.